The van der Waals surface area contributed by atoms with Gasteiger partial charge in [0.1, 0.15) is 0 Å². The molecule has 0 spiro atoms. The number of hydrogen-bond acceptors (Lipinski definition) is 1. The third kappa shape index (κ3) is 2.96. The predicted octanol–water partition coefficient (Wildman–Crippen LogP) is 3.68. The summed E-state index contributed by atoms with van der Waals surface area (Å²) in [4.78, 5) is 0. The van der Waals surface area contributed by atoms with Crippen LogP contribution in [0.25, 0.3) is 0 Å². The molecule has 0 amide bonds. The van der Waals surface area contributed by atoms with E-state index >= 15 is 0 Å². The van der Waals surface area contributed by atoms with Crippen LogP contribution in [0, 0.1) is 6.92 Å². The molecule has 0 saturated heterocycles. The van der Waals surface area contributed by atoms with E-state index in [4.69, 9.17) is 11.6 Å². The Morgan fingerprint density at radius 1 is 1.33 bits per heavy atom. The minimum absolute atomic E-state index is 0.736. The molecule has 15 heavy (non-hydrogen) atoms. The molecule has 0 aromatic heterocycles. The van der Waals surface area contributed by atoms with Crippen molar-refractivity contribution in [2.75, 3.05) is 0 Å². The van der Waals surface area contributed by atoms with Crippen molar-refractivity contribution in [3.8, 4) is 0 Å². The van der Waals surface area contributed by atoms with Gasteiger partial charge in [-0.05, 0) is 43.0 Å². The quantitative estimate of drug-likeness (QED) is 0.825. The maximum Gasteiger partial charge on any atom is 0.0408 e. The van der Waals surface area contributed by atoms with Crippen molar-refractivity contribution in [1.29, 1.82) is 0 Å². The third-order valence-electron chi connectivity index (χ3n) is 3.24. The molecule has 1 aliphatic rings. The van der Waals surface area contributed by atoms with Gasteiger partial charge in [-0.2, -0.15) is 0 Å². The lowest BCUT2D eigenvalue weighted by Crippen LogP contribution is -2.25. The summed E-state index contributed by atoms with van der Waals surface area (Å²) in [6.45, 7) is 3.10. The van der Waals surface area contributed by atoms with Gasteiger partial charge in [-0.1, -0.05) is 30.5 Å². The highest BCUT2D eigenvalue weighted by Crippen LogP contribution is 2.19. The van der Waals surface area contributed by atoms with Crippen molar-refractivity contribution in [2.45, 2.75) is 45.2 Å². The van der Waals surface area contributed by atoms with Crippen LogP contribution in [-0.2, 0) is 6.54 Å². The van der Waals surface area contributed by atoms with E-state index in [-0.39, 0.29) is 0 Å². The van der Waals surface area contributed by atoms with Gasteiger partial charge in [0, 0.05) is 17.6 Å². The maximum atomic E-state index is 5.92. The molecule has 2 rings (SSSR count). The van der Waals surface area contributed by atoms with Gasteiger partial charge in [-0.25, -0.2) is 0 Å². The normalized spacial score (nSPS) is 17.2. The fourth-order valence-electron chi connectivity index (χ4n) is 2.24. The van der Waals surface area contributed by atoms with Gasteiger partial charge in [0.2, 0.25) is 0 Å². The maximum absolute atomic E-state index is 5.92. The SMILES string of the molecule is Cc1cc(Cl)ccc1CNC1CCCC1. The van der Waals surface area contributed by atoms with Crippen LogP contribution in [0.4, 0.5) is 0 Å². The standard InChI is InChI=1S/C13H18ClN/c1-10-8-12(14)7-6-11(10)9-15-13-4-2-3-5-13/h6-8,13,15H,2-5,9H2,1H3. The van der Waals surface area contributed by atoms with Crippen LogP contribution in [0.15, 0.2) is 18.2 Å². The summed E-state index contributed by atoms with van der Waals surface area (Å²) < 4.78 is 0. The van der Waals surface area contributed by atoms with Crippen LogP contribution in [0.5, 0.6) is 0 Å². The number of halogens is 1. The highest BCUT2D eigenvalue weighted by atomic mass is 35.5. The number of rotatable bonds is 3. The van der Waals surface area contributed by atoms with Crippen LogP contribution in [0.3, 0.4) is 0 Å². The smallest absolute Gasteiger partial charge is 0.0408 e. The lowest BCUT2D eigenvalue weighted by Gasteiger charge is -2.13. The van der Waals surface area contributed by atoms with Gasteiger partial charge < -0.3 is 5.32 Å². The first-order chi connectivity index (χ1) is 7.25. The molecule has 1 aliphatic carbocycles. The molecule has 1 nitrogen and oxygen atoms in total. The van der Waals surface area contributed by atoms with Crippen LogP contribution < -0.4 is 5.32 Å². The van der Waals surface area contributed by atoms with Gasteiger partial charge in [0.15, 0.2) is 0 Å². The fraction of sp³-hybridized carbons (Fsp3) is 0.538. The molecule has 1 aromatic carbocycles. The second-order valence-electron chi connectivity index (χ2n) is 4.43. The van der Waals surface area contributed by atoms with Crippen molar-refractivity contribution < 1.29 is 0 Å². The molecule has 0 atom stereocenters. The largest absolute Gasteiger partial charge is 0.310 e. The highest BCUT2D eigenvalue weighted by Gasteiger charge is 2.13. The Kier molecular flexibility index (Phi) is 3.66. The van der Waals surface area contributed by atoms with Crippen molar-refractivity contribution >= 4 is 11.6 Å². The Labute approximate surface area is 96.8 Å². The fourth-order valence-corrected chi connectivity index (χ4v) is 2.47. The van der Waals surface area contributed by atoms with Crippen molar-refractivity contribution in [3.05, 3.63) is 34.3 Å². The van der Waals surface area contributed by atoms with Gasteiger partial charge in [-0.3, -0.25) is 0 Å². The van der Waals surface area contributed by atoms with Crippen molar-refractivity contribution in [2.24, 2.45) is 0 Å². The lowest BCUT2D eigenvalue weighted by atomic mass is 10.1. The van der Waals surface area contributed by atoms with E-state index in [0.29, 0.717) is 0 Å². The Bertz CT molecular complexity index is 329. The number of aryl methyl sites for hydroxylation is 1. The molecule has 0 bridgehead atoms. The van der Waals surface area contributed by atoms with E-state index < -0.39 is 0 Å². The first-order valence-electron chi connectivity index (χ1n) is 5.74. The molecule has 0 unspecified atom stereocenters. The van der Waals surface area contributed by atoms with Crippen LogP contribution in [0.2, 0.25) is 5.02 Å². The van der Waals surface area contributed by atoms with E-state index in [0.717, 1.165) is 17.6 Å². The molecular weight excluding hydrogens is 206 g/mol. The molecular formula is C13H18ClN. The van der Waals surface area contributed by atoms with E-state index in [1.54, 1.807) is 0 Å². The summed E-state index contributed by atoms with van der Waals surface area (Å²) in [5.41, 5.74) is 2.65. The second kappa shape index (κ2) is 5.00. The van der Waals surface area contributed by atoms with Crippen molar-refractivity contribution in [3.63, 3.8) is 0 Å². The van der Waals surface area contributed by atoms with E-state index in [9.17, 15) is 0 Å². The summed E-state index contributed by atoms with van der Waals surface area (Å²) in [5.74, 6) is 0. The Morgan fingerprint density at radius 2 is 2.07 bits per heavy atom. The topological polar surface area (TPSA) is 12.0 Å². The molecule has 82 valence electrons. The molecule has 1 fully saturated rings. The van der Waals surface area contributed by atoms with Gasteiger partial charge in [0.25, 0.3) is 0 Å². The minimum Gasteiger partial charge on any atom is -0.310 e. The predicted molar refractivity (Wildman–Crippen MR) is 65.3 cm³/mol. The van der Waals surface area contributed by atoms with Crippen LogP contribution in [-0.4, -0.2) is 6.04 Å². The van der Waals surface area contributed by atoms with E-state index in [2.05, 4.69) is 18.3 Å². The summed E-state index contributed by atoms with van der Waals surface area (Å²) in [6.07, 6.45) is 5.45. The molecule has 0 radical (unpaired) electrons. The summed E-state index contributed by atoms with van der Waals surface area (Å²) >= 11 is 5.92. The Balaban J connectivity index is 1.92. The molecule has 0 aliphatic heterocycles. The number of nitrogens with one attached hydrogen (secondary N) is 1. The zero-order valence-corrected chi connectivity index (χ0v) is 9.98. The second-order valence-corrected chi connectivity index (χ2v) is 4.87. The number of hydrogen-bond donors (Lipinski definition) is 1. The van der Waals surface area contributed by atoms with Gasteiger partial charge in [0.05, 0.1) is 0 Å². The van der Waals surface area contributed by atoms with Crippen LogP contribution >= 0.6 is 11.6 Å². The molecule has 1 saturated carbocycles. The minimum atomic E-state index is 0.736. The average Bonchev–Trinajstić information content (AvgIpc) is 2.69. The van der Waals surface area contributed by atoms with E-state index in [1.807, 2.05) is 12.1 Å². The van der Waals surface area contributed by atoms with Crippen LogP contribution in [0.1, 0.15) is 36.8 Å². The highest BCUT2D eigenvalue weighted by molar-refractivity contribution is 6.30. The molecule has 2 heteroatoms. The van der Waals surface area contributed by atoms with E-state index in [1.165, 1.54) is 36.8 Å². The molecule has 1 N–H and O–H groups in total. The number of benzene rings is 1. The summed E-state index contributed by atoms with van der Waals surface area (Å²) in [6, 6.07) is 6.87. The van der Waals surface area contributed by atoms with Gasteiger partial charge >= 0.3 is 0 Å². The first-order valence-corrected chi connectivity index (χ1v) is 6.12. The summed E-state index contributed by atoms with van der Waals surface area (Å²) in [5, 5.41) is 4.45. The summed E-state index contributed by atoms with van der Waals surface area (Å²) in [7, 11) is 0. The Morgan fingerprint density at radius 3 is 2.73 bits per heavy atom. The zero-order chi connectivity index (χ0) is 10.7. The third-order valence-corrected chi connectivity index (χ3v) is 3.48. The molecule has 1 aromatic rings. The van der Waals surface area contributed by atoms with Crippen molar-refractivity contribution in [1.82, 2.24) is 5.32 Å². The Hall–Kier alpha value is -0.530. The zero-order valence-electron chi connectivity index (χ0n) is 9.22. The van der Waals surface area contributed by atoms with Gasteiger partial charge in [-0.15, -0.1) is 0 Å². The average molecular weight is 224 g/mol. The molecule has 0 heterocycles. The first kappa shape index (κ1) is 11.0. The lowest BCUT2D eigenvalue weighted by molar-refractivity contribution is 0.523. The monoisotopic (exact) mass is 223 g/mol.